The average molecular weight is 361 g/mol. The second-order valence-corrected chi connectivity index (χ2v) is 10.2. The summed E-state index contributed by atoms with van der Waals surface area (Å²) in [5.74, 6) is 3.49. The zero-order chi connectivity index (χ0) is 18.7. The van der Waals surface area contributed by atoms with Gasteiger partial charge < -0.3 is 10.2 Å². The van der Waals surface area contributed by atoms with Gasteiger partial charge in [0.05, 0.1) is 0 Å². The number of amides is 2. The second kappa shape index (κ2) is 6.24. The number of fused-ring (bicyclic) bond motifs is 5. The van der Waals surface area contributed by atoms with E-state index in [1.807, 2.05) is 7.05 Å². The molecule has 4 aliphatic rings. The van der Waals surface area contributed by atoms with Gasteiger partial charge in [-0.25, -0.2) is 0 Å². The van der Waals surface area contributed by atoms with Crippen LogP contribution in [0.2, 0.25) is 0 Å². The van der Waals surface area contributed by atoms with Gasteiger partial charge in [-0.1, -0.05) is 13.8 Å². The van der Waals surface area contributed by atoms with Crippen LogP contribution in [0.25, 0.3) is 0 Å². The van der Waals surface area contributed by atoms with Crippen LogP contribution in [0.1, 0.15) is 72.1 Å². The summed E-state index contributed by atoms with van der Waals surface area (Å²) in [6, 6.07) is 0.450. The third-order valence-electron chi connectivity index (χ3n) is 9.35. The molecule has 7 atom stereocenters. The van der Waals surface area contributed by atoms with Gasteiger partial charge in [0.1, 0.15) is 0 Å². The molecule has 0 bridgehead atoms. The highest BCUT2D eigenvalue weighted by molar-refractivity contribution is 5.77. The van der Waals surface area contributed by atoms with E-state index in [4.69, 9.17) is 0 Å². The van der Waals surface area contributed by atoms with Crippen molar-refractivity contribution in [1.29, 1.82) is 0 Å². The second-order valence-electron chi connectivity index (χ2n) is 10.2. The number of nitrogens with zero attached hydrogens (tertiary/aromatic N) is 1. The van der Waals surface area contributed by atoms with Gasteiger partial charge in [-0.3, -0.25) is 9.59 Å². The number of piperidine rings is 1. The predicted molar refractivity (Wildman–Crippen MR) is 102 cm³/mol. The molecule has 1 N–H and O–H groups in total. The normalized spacial score (nSPS) is 47.8. The summed E-state index contributed by atoms with van der Waals surface area (Å²) in [6.07, 6.45) is 9.49. The quantitative estimate of drug-likeness (QED) is 0.818. The van der Waals surface area contributed by atoms with Crippen molar-refractivity contribution in [2.75, 3.05) is 13.6 Å². The number of carbonyl (C=O) groups excluding carboxylic acids is 2. The lowest BCUT2D eigenvalue weighted by atomic mass is 9.47. The van der Waals surface area contributed by atoms with Gasteiger partial charge in [-0.2, -0.15) is 0 Å². The molecule has 146 valence electrons. The summed E-state index contributed by atoms with van der Waals surface area (Å²) in [6.45, 7) is 7.49. The molecule has 0 aromatic carbocycles. The highest BCUT2D eigenvalue weighted by Crippen LogP contribution is 2.65. The first-order valence-electron chi connectivity index (χ1n) is 10.8. The SMILES string of the molecule is CC(=O)NCC1CCC2C3CC[C@H]4N(C)C(=O)CCC4(C)C3CCC12C. The monoisotopic (exact) mass is 360 g/mol. The van der Waals surface area contributed by atoms with Crippen LogP contribution in [-0.2, 0) is 9.59 Å². The Hall–Kier alpha value is -1.06. The molecule has 0 spiro atoms. The minimum absolute atomic E-state index is 0.105. The van der Waals surface area contributed by atoms with E-state index in [-0.39, 0.29) is 5.91 Å². The van der Waals surface area contributed by atoms with Crippen molar-refractivity contribution in [2.45, 2.75) is 78.2 Å². The summed E-state index contributed by atoms with van der Waals surface area (Å²) in [5, 5.41) is 3.10. The van der Waals surface area contributed by atoms with Crippen molar-refractivity contribution in [3.8, 4) is 0 Å². The molecule has 4 fully saturated rings. The lowest BCUT2D eigenvalue weighted by Gasteiger charge is -2.61. The van der Waals surface area contributed by atoms with E-state index < -0.39 is 0 Å². The first-order valence-corrected chi connectivity index (χ1v) is 10.8. The molecule has 3 aliphatic carbocycles. The largest absolute Gasteiger partial charge is 0.356 e. The van der Waals surface area contributed by atoms with Crippen LogP contribution >= 0.6 is 0 Å². The molecule has 1 heterocycles. The average Bonchev–Trinajstić information content (AvgIpc) is 2.93. The molecule has 0 aromatic heterocycles. The van der Waals surface area contributed by atoms with Crippen LogP contribution in [0.15, 0.2) is 0 Å². The molecule has 6 unspecified atom stereocenters. The van der Waals surface area contributed by atoms with Crippen molar-refractivity contribution in [2.24, 2.45) is 34.5 Å². The zero-order valence-electron chi connectivity index (χ0n) is 17.0. The Balaban J connectivity index is 1.55. The number of rotatable bonds is 2. The lowest BCUT2D eigenvalue weighted by molar-refractivity contribution is -0.158. The molecule has 3 saturated carbocycles. The van der Waals surface area contributed by atoms with Gasteiger partial charge in [-0.05, 0) is 79.4 Å². The molecule has 1 aliphatic heterocycles. The lowest BCUT2D eigenvalue weighted by Crippen LogP contribution is -2.61. The van der Waals surface area contributed by atoms with Crippen LogP contribution in [0.3, 0.4) is 0 Å². The molecular formula is C22H36N2O2. The van der Waals surface area contributed by atoms with Gasteiger partial charge in [0, 0.05) is 33.0 Å². The fraction of sp³-hybridized carbons (Fsp3) is 0.909. The van der Waals surface area contributed by atoms with Crippen molar-refractivity contribution in [3.05, 3.63) is 0 Å². The maximum atomic E-state index is 12.2. The number of likely N-dealkylation sites (tertiary alicyclic amines) is 1. The van der Waals surface area contributed by atoms with Gasteiger partial charge >= 0.3 is 0 Å². The molecule has 4 nitrogen and oxygen atoms in total. The smallest absolute Gasteiger partial charge is 0.222 e. The zero-order valence-corrected chi connectivity index (χ0v) is 17.0. The van der Waals surface area contributed by atoms with Gasteiger partial charge in [0.2, 0.25) is 11.8 Å². The Bertz CT molecular complexity index is 605. The molecule has 26 heavy (non-hydrogen) atoms. The minimum atomic E-state index is 0.105. The van der Waals surface area contributed by atoms with E-state index in [0.29, 0.717) is 28.7 Å². The van der Waals surface area contributed by atoms with Crippen molar-refractivity contribution < 1.29 is 9.59 Å². The molecule has 2 amide bonds. The van der Waals surface area contributed by atoms with Gasteiger partial charge in [-0.15, -0.1) is 0 Å². The predicted octanol–water partition coefficient (Wildman–Crippen LogP) is 3.60. The molecule has 0 radical (unpaired) electrons. The number of nitrogens with one attached hydrogen (secondary N) is 1. The minimum Gasteiger partial charge on any atom is -0.356 e. The summed E-state index contributed by atoms with van der Waals surface area (Å²) in [4.78, 5) is 25.7. The first-order chi connectivity index (χ1) is 12.3. The highest BCUT2D eigenvalue weighted by atomic mass is 16.2. The van der Waals surface area contributed by atoms with Crippen molar-refractivity contribution >= 4 is 11.8 Å². The summed E-state index contributed by atoms with van der Waals surface area (Å²) in [7, 11) is 2.04. The first kappa shape index (κ1) is 18.3. The fourth-order valence-electron chi connectivity index (χ4n) is 7.86. The maximum Gasteiger partial charge on any atom is 0.222 e. The van der Waals surface area contributed by atoms with Gasteiger partial charge in [0.25, 0.3) is 0 Å². The number of hydrogen-bond acceptors (Lipinski definition) is 2. The molecule has 0 aromatic rings. The fourth-order valence-corrected chi connectivity index (χ4v) is 7.86. The number of carbonyl (C=O) groups is 2. The third kappa shape index (κ3) is 2.54. The molecule has 1 saturated heterocycles. The Labute approximate surface area is 158 Å². The van der Waals surface area contributed by atoms with Crippen molar-refractivity contribution in [1.82, 2.24) is 10.2 Å². The Morgan fingerprint density at radius 3 is 2.54 bits per heavy atom. The molecule has 4 heteroatoms. The van der Waals surface area contributed by atoms with Crippen LogP contribution in [0.4, 0.5) is 0 Å². The van der Waals surface area contributed by atoms with E-state index >= 15 is 0 Å². The molecular weight excluding hydrogens is 324 g/mol. The van der Waals surface area contributed by atoms with E-state index in [9.17, 15) is 9.59 Å². The van der Waals surface area contributed by atoms with E-state index in [0.717, 1.165) is 37.1 Å². The van der Waals surface area contributed by atoms with Crippen LogP contribution in [-0.4, -0.2) is 36.3 Å². The molecule has 4 rings (SSSR count). The van der Waals surface area contributed by atoms with E-state index in [2.05, 4.69) is 24.1 Å². The number of hydrogen-bond donors (Lipinski definition) is 1. The third-order valence-corrected chi connectivity index (χ3v) is 9.35. The van der Waals surface area contributed by atoms with E-state index in [1.165, 1.54) is 38.5 Å². The summed E-state index contributed by atoms with van der Waals surface area (Å²) >= 11 is 0. The van der Waals surface area contributed by atoms with E-state index in [1.54, 1.807) is 6.92 Å². The van der Waals surface area contributed by atoms with Crippen LogP contribution in [0, 0.1) is 34.5 Å². The Morgan fingerprint density at radius 1 is 1.08 bits per heavy atom. The Kier molecular flexibility index (Phi) is 4.39. The Morgan fingerprint density at radius 2 is 1.81 bits per heavy atom. The van der Waals surface area contributed by atoms with Crippen molar-refractivity contribution in [3.63, 3.8) is 0 Å². The van der Waals surface area contributed by atoms with Crippen LogP contribution in [0.5, 0.6) is 0 Å². The highest BCUT2D eigenvalue weighted by Gasteiger charge is 2.60. The van der Waals surface area contributed by atoms with Crippen LogP contribution < -0.4 is 5.32 Å². The van der Waals surface area contributed by atoms with Gasteiger partial charge in [0.15, 0.2) is 0 Å². The standard InChI is InChI=1S/C22H36N2O2/c1-14(25)23-13-15-5-7-17-16-6-8-19-22(3,12-10-20(26)24(19)4)18(16)9-11-21(15,17)2/h15-19H,5-13H2,1-4H3,(H,23,25)/t15?,16?,17?,18?,19-,21?,22?/m1/s1. The topological polar surface area (TPSA) is 49.4 Å². The maximum absolute atomic E-state index is 12.2. The summed E-state index contributed by atoms with van der Waals surface area (Å²) < 4.78 is 0. The summed E-state index contributed by atoms with van der Waals surface area (Å²) in [5.41, 5.74) is 0.700.